The van der Waals surface area contributed by atoms with Gasteiger partial charge >= 0.3 is 0 Å². The molecule has 0 aliphatic carbocycles. The van der Waals surface area contributed by atoms with Crippen LogP contribution in [-0.2, 0) is 13.6 Å². The molecule has 5 heteroatoms. The minimum Gasteiger partial charge on any atom is -0.396 e. The third kappa shape index (κ3) is 4.01. The first kappa shape index (κ1) is 14.5. The molecule has 1 heterocycles. The summed E-state index contributed by atoms with van der Waals surface area (Å²) in [5.74, 6) is 1.03. The molecule has 17 heavy (non-hydrogen) atoms. The first-order valence-corrected chi connectivity index (χ1v) is 7.31. The van der Waals surface area contributed by atoms with Crippen molar-refractivity contribution in [3.63, 3.8) is 0 Å². The molecular weight excluding hydrogens is 234 g/mol. The van der Waals surface area contributed by atoms with E-state index in [-0.39, 0.29) is 6.61 Å². The number of rotatable bonds is 7. The van der Waals surface area contributed by atoms with Crippen molar-refractivity contribution >= 4 is 11.8 Å². The number of nitrogens with one attached hydrogen (secondary N) is 1. The van der Waals surface area contributed by atoms with Crippen LogP contribution < -0.4 is 5.32 Å². The molecule has 1 atom stereocenters. The third-order valence-corrected chi connectivity index (χ3v) is 3.81. The van der Waals surface area contributed by atoms with E-state index in [1.807, 2.05) is 18.7 Å². The Kier molecular flexibility index (Phi) is 6.02. The van der Waals surface area contributed by atoms with Crippen molar-refractivity contribution in [1.82, 2.24) is 15.1 Å². The summed E-state index contributed by atoms with van der Waals surface area (Å²) in [7, 11) is 1.97. The molecule has 0 saturated carbocycles. The molecule has 0 saturated heterocycles. The first-order valence-electron chi connectivity index (χ1n) is 5.92. The van der Waals surface area contributed by atoms with Gasteiger partial charge in [-0.2, -0.15) is 16.9 Å². The van der Waals surface area contributed by atoms with Gasteiger partial charge in [-0.05, 0) is 26.5 Å². The van der Waals surface area contributed by atoms with Crippen molar-refractivity contribution < 1.29 is 5.11 Å². The summed E-state index contributed by atoms with van der Waals surface area (Å²) in [6.07, 6.45) is 2.89. The van der Waals surface area contributed by atoms with Crippen molar-refractivity contribution in [2.75, 3.05) is 18.6 Å². The highest BCUT2D eigenvalue weighted by molar-refractivity contribution is 7.98. The summed E-state index contributed by atoms with van der Waals surface area (Å²) in [6, 6.07) is 0.369. The van der Waals surface area contributed by atoms with E-state index in [4.69, 9.17) is 5.11 Å². The molecule has 0 radical (unpaired) electrons. The molecule has 2 N–H and O–H groups in total. The highest BCUT2D eigenvalue weighted by atomic mass is 32.2. The lowest BCUT2D eigenvalue weighted by atomic mass is 10.1. The number of thioether (sulfide) groups is 1. The molecule has 0 aromatic carbocycles. The van der Waals surface area contributed by atoms with Gasteiger partial charge in [-0.25, -0.2) is 0 Å². The SMILES string of the molecule is CSCC(CCO)NCc1c(C)nn(C)c1C. The smallest absolute Gasteiger partial charge is 0.0641 e. The average Bonchev–Trinajstić information content (AvgIpc) is 2.51. The third-order valence-electron chi connectivity index (χ3n) is 3.07. The topological polar surface area (TPSA) is 50.1 Å². The van der Waals surface area contributed by atoms with Crippen LogP contribution in [0, 0.1) is 13.8 Å². The highest BCUT2D eigenvalue weighted by Gasteiger charge is 2.12. The molecule has 0 bridgehead atoms. The van der Waals surface area contributed by atoms with Gasteiger partial charge in [0.05, 0.1) is 5.69 Å². The van der Waals surface area contributed by atoms with E-state index in [0.717, 1.165) is 24.4 Å². The first-order chi connectivity index (χ1) is 8.10. The Morgan fingerprint density at radius 3 is 2.65 bits per heavy atom. The van der Waals surface area contributed by atoms with Gasteiger partial charge in [0.25, 0.3) is 0 Å². The van der Waals surface area contributed by atoms with Gasteiger partial charge in [-0.15, -0.1) is 0 Å². The van der Waals surface area contributed by atoms with E-state index in [2.05, 4.69) is 23.6 Å². The fraction of sp³-hybridized carbons (Fsp3) is 0.750. The summed E-state index contributed by atoms with van der Waals surface area (Å²) in [6.45, 7) is 5.20. The zero-order chi connectivity index (χ0) is 12.8. The number of aliphatic hydroxyl groups is 1. The largest absolute Gasteiger partial charge is 0.396 e. The van der Waals surface area contributed by atoms with Gasteiger partial charge in [-0.1, -0.05) is 0 Å². The van der Waals surface area contributed by atoms with E-state index in [1.165, 1.54) is 11.3 Å². The summed E-state index contributed by atoms with van der Waals surface area (Å²) >= 11 is 1.80. The summed E-state index contributed by atoms with van der Waals surface area (Å²) in [4.78, 5) is 0. The van der Waals surface area contributed by atoms with E-state index in [1.54, 1.807) is 11.8 Å². The maximum atomic E-state index is 9.01. The molecule has 0 aliphatic rings. The molecule has 1 unspecified atom stereocenters. The van der Waals surface area contributed by atoms with Crippen LogP contribution in [0.2, 0.25) is 0 Å². The predicted octanol–water partition coefficient (Wildman–Crippen LogP) is 1.24. The molecule has 0 amide bonds. The van der Waals surface area contributed by atoms with Crippen molar-refractivity contribution in [3.8, 4) is 0 Å². The van der Waals surface area contributed by atoms with Crippen LogP contribution in [0.25, 0.3) is 0 Å². The molecule has 1 rings (SSSR count). The molecule has 98 valence electrons. The van der Waals surface area contributed by atoms with Crippen molar-refractivity contribution in [2.45, 2.75) is 32.9 Å². The van der Waals surface area contributed by atoms with Crippen LogP contribution in [-0.4, -0.2) is 39.5 Å². The Hall–Kier alpha value is -0.520. The minimum absolute atomic E-state index is 0.239. The normalized spacial score (nSPS) is 13.0. The van der Waals surface area contributed by atoms with Gasteiger partial charge < -0.3 is 10.4 Å². The van der Waals surface area contributed by atoms with Crippen molar-refractivity contribution in [1.29, 1.82) is 0 Å². The fourth-order valence-electron chi connectivity index (χ4n) is 1.92. The van der Waals surface area contributed by atoms with E-state index in [9.17, 15) is 0 Å². The summed E-state index contributed by atoms with van der Waals surface area (Å²) < 4.78 is 1.92. The Balaban J connectivity index is 2.58. The van der Waals surface area contributed by atoms with Gasteiger partial charge in [0.1, 0.15) is 0 Å². The quantitative estimate of drug-likeness (QED) is 0.771. The number of hydrogen-bond acceptors (Lipinski definition) is 4. The van der Waals surface area contributed by atoms with Crippen molar-refractivity contribution in [3.05, 3.63) is 17.0 Å². The van der Waals surface area contributed by atoms with E-state index in [0.29, 0.717) is 6.04 Å². The number of aliphatic hydroxyl groups excluding tert-OH is 1. The molecule has 4 nitrogen and oxygen atoms in total. The van der Waals surface area contributed by atoms with Gasteiger partial charge in [0.2, 0.25) is 0 Å². The van der Waals surface area contributed by atoms with Crippen LogP contribution in [0.4, 0.5) is 0 Å². The summed E-state index contributed by atoms with van der Waals surface area (Å²) in [5, 5.41) is 16.9. The Morgan fingerprint density at radius 2 is 2.18 bits per heavy atom. The molecule has 0 fully saturated rings. The molecule has 0 spiro atoms. The molecule has 0 aliphatic heterocycles. The lowest BCUT2D eigenvalue weighted by molar-refractivity contribution is 0.269. The van der Waals surface area contributed by atoms with Crippen LogP contribution in [0.3, 0.4) is 0 Å². The lowest BCUT2D eigenvalue weighted by Crippen LogP contribution is -2.32. The lowest BCUT2D eigenvalue weighted by Gasteiger charge is -2.16. The number of aryl methyl sites for hydroxylation is 2. The van der Waals surface area contributed by atoms with Gasteiger partial charge in [0, 0.05) is 43.3 Å². The summed E-state index contributed by atoms with van der Waals surface area (Å²) in [5.41, 5.74) is 3.57. The minimum atomic E-state index is 0.239. The van der Waals surface area contributed by atoms with E-state index < -0.39 is 0 Å². The maximum absolute atomic E-state index is 9.01. The van der Waals surface area contributed by atoms with Crippen LogP contribution in [0.1, 0.15) is 23.4 Å². The van der Waals surface area contributed by atoms with Crippen LogP contribution in [0.5, 0.6) is 0 Å². The Bertz CT molecular complexity index is 346. The zero-order valence-corrected chi connectivity index (χ0v) is 12.0. The van der Waals surface area contributed by atoms with Gasteiger partial charge in [0.15, 0.2) is 0 Å². The number of hydrogen-bond donors (Lipinski definition) is 2. The maximum Gasteiger partial charge on any atom is 0.0641 e. The average molecular weight is 257 g/mol. The second-order valence-electron chi connectivity index (χ2n) is 4.32. The predicted molar refractivity (Wildman–Crippen MR) is 73.4 cm³/mol. The van der Waals surface area contributed by atoms with Crippen molar-refractivity contribution in [2.24, 2.45) is 7.05 Å². The molecule has 1 aromatic rings. The molecular formula is C12H23N3OS. The monoisotopic (exact) mass is 257 g/mol. The van der Waals surface area contributed by atoms with Gasteiger partial charge in [-0.3, -0.25) is 4.68 Å². The standard InChI is InChI=1S/C12H23N3OS/c1-9-12(10(2)15(3)14-9)7-13-11(5-6-16)8-17-4/h11,13,16H,5-8H2,1-4H3. The Morgan fingerprint density at radius 1 is 1.47 bits per heavy atom. The van der Waals surface area contributed by atoms with E-state index >= 15 is 0 Å². The second-order valence-corrected chi connectivity index (χ2v) is 5.23. The Labute approximate surface area is 108 Å². The second kappa shape index (κ2) is 7.03. The highest BCUT2D eigenvalue weighted by Crippen LogP contribution is 2.12. The molecule has 1 aromatic heterocycles. The number of nitrogens with zero attached hydrogens (tertiary/aromatic N) is 2. The van der Waals surface area contributed by atoms with Crippen LogP contribution in [0.15, 0.2) is 0 Å². The number of aromatic nitrogens is 2. The van der Waals surface area contributed by atoms with Crippen LogP contribution >= 0.6 is 11.8 Å². The fourth-order valence-corrected chi connectivity index (χ4v) is 2.61. The zero-order valence-electron chi connectivity index (χ0n) is 11.2.